The van der Waals surface area contributed by atoms with Crippen molar-refractivity contribution in [3.63, 3.8) is 0 Å². The zero-order valence-corrected chi connectivity index (χ0v) is 23.1. The van der Waals surface area contributed by atoms with Crippen molar-refractivity contribution in [1.82, 2.24) is 20.0 Å². The molecule has 8 nitrogen and oxygen atoms in total. The topological polar surface area (TPSA) is 84.6 Å². The number of aromatic nitrogens is 3. The lowest BCUT2D eigenvalue weighted by atomic mass is 9.90. The summed E-state index contributed by atoms with van der Waals surface area (Å²) in [7, 11) is 1.72. The molecule has 3 heterocycles. The molecule has 2 aliphatic rings. The number of hydrogen-bond donors (Lipinski definition) is 0. The standard InChI is InChI=1S/C28H36FN5O3S/c1-18(2)27-31-28(37-32-27)34-9-6-19(7-10-34)24-12-20(24)8-11-36-22-5-4-21(25(29)14-22)13-26(35)33(3)16-23-15-30-17-38-23/h4-5,14-15,17-20,24H,6-13,16H2,1-3H3/t20-,24-/m1/s1. The van der Waals surface area contributed by atoms with Crippen molar-refractivity contribution in [2.45, 2.75) is 58.4 Å². The summed E-state index contributed by atoms with van der Waals surface area (Å²) in [6.07, 6.45) is 6.29. The maximum Gasteiger partial charge on any atom is 0.324 e. The smallest absolute Gasteiger partial charge is 0.324 e. The van der Waals surface area contributed by atoms with E-state index in [1.54, 1.807) is 35.8 Å². The quantitative estimate of drug-likeness (QED) is 0.325. The van der Waals surface area contributed by atoms with Crippen molar-refractivity contribution in [2.24, 2.45) is 17.8 Å². The maximum absolute atomic E-state index is 14.7. The van der Waals surface area contributed by atoms with E-state index in [0.29, 0.717) is 36.4 Å². The summed E-state index contributed by atoms with van der Waals surface area (Å²) in [5.74, 6) is 3.18. The highest BCUT2D eigenvalue weighted by molar-refractivity contribution is 7.09. The number of ether oxygens (including phenoxy) is 1. The Morgan fingerprint density at radius 1 is 1.32 bits per heavy atom. The van der Waals surface area contributed by atoms with Gasteiger partial charge in [0.25, 0.3) is 0 Å². The molecule has 2 fully saturated rings. The molecule has 0 bridgehead atoms. The molecule has 1 aliphatic heterocycles. The normalized spacial score (nSPS) is 19.7. The second-order valence-corrected chi connectivity index (χ2v) is 11.8. The van der Waals surface area contributed by atoms with Gasteiger partial charge in [0, 0.05) is 43.2 Å². The third kappa shape index (κ3) is 6.51. The molecular weight excluding hydrogens is 505 g/mol. The largest absolute Gasteiger partial charge is 0.493 e. The highest BCUT2D eigenvalue weighted by Crippen LogP contribution is 2.50. The Balaban J connectivity index is 1.01. The summed E-state index contributed by atoms with van der Waals surface area (Å²) in [5.41, 5.74) is 2.12. The second kappa shape index (κ2) is 11.8. The Kier molecular flexibility index (Phi) is 8.26. The van der Waals surface area contributed by atoms with Gasteiger partial charge in [-0.2, -0.15) is 4.98 Å². The number of piperidine rings is 1. The van der Waals surface area contributed by atoms with Crippen molar-refractivity contribution < 1.29 is 18.4 Å². The van der Waals surface area contributed by atoms with Gasteiger partial charge in [-0.15, -0.1) is 11.3 Å². The number of likely N-dealkylation sites (N-methyl/N-ethyl adjacent to an activating group) is 1. The molecule has 2 atom stereocenters. The van der Waals surface area contributed by atoms with E-state index in [0.717, 1.165) is 54.9 Å². The Labute approximate surface area is 227 Å². The Morgan fingerprint density at radius 2 is 2.13 bits per heavy atom. The molecule has 3 aromatic rings. The van der Waals surface area contributed by atoms with E-state index in [2.05, 4.69) is 33.9 Å². The lowest BCUT2D eigenvalue weighted by Gasteiger charge is -2.30. The first-order valence-corrected chi connectivity index (χ1v) is 14.4. The van der Waals surface area contributed by atoms with Crippen molar-refractivity contribution in [2.75, 3.05) is 31.6 Å². The van der Waals surface area contributed by atoms with Crippen LogP contribution in [-0.2, 0) is 17.8 Å². The van der Waals surface area contributed by atoms with E-state index in [1.807, 2.05) is 0 Å². The van der Waals surface area contributed by atoms with Crippen LogP contribution in [0.5, 0.6) is 5.75 Å². The van der Waals surface area contributed by atoms with Crippen molar-refractivity contribution in [1.29, 1.82) is 0 Å². The van der Waals surface area contributed by atoms with Gasteiger partial charge in [0.2, 0.25) is 5.91 Å². The first kappa shape index (κ1) is 26.6. The SMILES string of the molecule is CC(C)c1noc(N2CCC([C@H]3C[C@H]3CCOc3ccc(CC(=O)N(C)Cc4cncs4)c(F)c3)CC2)n1. The van der Waals surface area contributed by atoms with Crippen LogP contribution in [0.4, 0.5) is 10.4 Å². The van der Waals surface area contributed by atoms with Crippen LogP contribution < -0.4 is 9.64 Å². The first-order valence-electron chi connectivity index (χ1n) is 13.5. The molecule has 10 heteroatoms. The van der Waals surface area contributed by atoms with Gasteiger partial charge < -0.3 is 19.1 Å². The summed E-state index contributed by atoms with van der Waals surface area (Å²) in [4.78, 5) is 25.9. The third-order valence-corrected chi connectivity index (χ3v) is 8.53. The maximum atomic E-state index is 14.7. The summed E-state index contributed by atoms with van der Waals surface area (Å²) in [6.45, 7) is 7.11. The molecule has 0 spiro atoms. The highest BCUT2D eigenvalue weighted by Gasteiger charge is 2.43. The van der Waals surface area contributed by atoms with Crippen LogP contribution in [0.15, 0.2) is 34.4 Å². The molecule has 204 valence electrons. The van der Waals surface area contributed by atoms with E-state index in [1.165, 1.54) is 23.8 Å². The van der Waals surface area contributed by atoms with Gasteiger partial charge in [-0.25, -0.2) is 4.39 Å². The van der Waals surface area contributed by atoms with Crippen molar-refractivity contribution in [3.8, 4) is 5.75 Å². The predicted octanol–water partition coefficient (Wildman–Crippen LogP) is 5.31. The Bertz CT molecular complexity index is 1210. The number of amides is 1. The van der Waals surface area contributed by atoms with Gasteiger partial charge >= 0.3 is 6.01 Å². The average Bonchev–Trinajstić information content (AvgIpc) is 3.26. The molecule has 1 aliphatic carbocycles. The van der Waals surface area contributed by atoms with Gasteiger partial charge in [-0.3, -0.25) is 9.78 Å². The zero-order valence-electron chi connectivity index (χ0n) is 22.3. The minimum Gasteiger partial charge on any atom is -0.493 e. The van der Waals surface area contributed by atoms with Gasteiger partial charge in [0.15, 0.2) is 5.82 Å². The molecule has 38 heavy (non-hydrogen) atoms. The van der Waals surface area contributed by atoms with Crippen LogP contribution in [0.25, 0.3) is 0 Å². The van der Waals surface area contributed by atoms with E-state index in [9.17, 15) is 9.18 Å². The van der Waals surface area contributed by atoms with Gasteiger partial charge in [-0.1, -0.05) is 25.1 Å². The number of carbonyl (C=O) groups excluding carboxylic acids is 1. The number of thiazole rings is 1. The fourth-order valence-electron chi connectivity index (χ4n) is 5.32. The van der Waals surface area contributed by atoms with Gasteiger partial charge in [0.05, 0.1) is 25.1 Å². The fourth-order valence-corrected chi connectivity index (χ4v) is 5.96. The van der Waals surface area contributed by atoms with Gasteiger partial charge in [0.1, 0.15) is 11.6 Å². The molecule has 2 aromatic heterocycles. The summed E-state index contributed by atoms with van der Waals surface area (Å²) in [6, 6.07) is 5.47. The molecule has 5 rings (SSSR count). The first-order chi connectivity index (χ1) is 18.4. The number of nitrogens with zero attached hydrogens (tertiary/aromatic N) is 5. The van der Waals surface area contributed by atoms with Crippen LogP contribution >= 0.6 is 11.3 Å². The molecule has 0 radical (unpaired) electrons. The molecule has 0 N–H and O–H groups in total. The van der Waals surface area contributed by atoms with E-state index >= 15 is 0 Å². The number of benzene rings is 1. The second-order valence-electron chi connectivity index (χ2n) is 10.9. The van der Waals surface area contributed by atoms with E-state index < -0.39 is 5.82 Å². The molecule has 1 amide bonds. The molecule has 1 saturated heterocycles. The predicted molar refractivity (Wildman–Crippen MR) is 144 cm³/mol. The minimum absolute atomic E-state index is 0.0232. The third-order valence-electron chi connectivity index (χ3n) is 7.77. The number of halogens is 1. The van der Waals surface area contributed by atoms with E-state index in [4.69, 9.17) is 9.26 Å². The van der Waals surface area contributed by atoms with Crippen LogP contribution in [0.1, 0.15) is 61.7 Å². The number of anilines is 1. The number of rotatable bonds is 11. The Hall–Kier alpha value is -3.01. The lowest BCUT2D eigenvalue weighted by molar-refractivity contribution is -0.129. The number of carbonyl (C=O) groups is 1. The summed E-state index contributed by atoms with van der Waals surface area (Å²) in [5, 5.41) is 4.09. The van der Waals surface area contributed by atoms with Gasteiger partial charge in [-0.05, 0) is 55.1 Å². The average molecular weight is 542 g/mol. The van der Waals surface area contributed by atoms with E-state index in [-0.39, 0.29) is 18.2 Å². The molecule has 1 aromatic carbocycles. The van der Waals surface area contributed by atoms with Crippen molar-refractivity contribution >= 4 is 23.3 Å². The summed E-state index contributed by atoms with van der Waals surface area (Å²) < 4.78 is 26.0. The molecule has 1 saturated carbocycles. The van der Waals surface area contributed by atoms with Crippen LogP contribution in [-0.4, -0.2) is 52.7 Å². The van der Waals surface area contributed by atoms with Crippen LogP contribution in [0.3, 0.4) is 0 Å². The minimum atomic E-state index is -0.403. The molecule has 0 unspecified atom stereocenters. The fraction of sp³-hybridized carbons (Fsp3) is 0.571. The van der Waals surface area contributed by atoms with Crippen LogP contribution in [0, 0.1) is 23.6 Å². The van der Waals surface area contributed by atoms with Crippen LogP contribution in [0.2, 0.25) is 0 Å². The summed E-state index contributed by atoms with van der Waals surface area (Å²) >= 11 is 1.50. The monoisotopic (exact) mass is 541 g/mol. The highest BCUT2D eigenvalue weighted by atomic mass is 32.1. The zero-order chi connectivity index (χ0) is 26.6. The number of hydrogen-bond acceptors (Lipinski definition) is 8. The van der Waals surface area contributed by atoms with Crippen molar-refractivity contribution in [3.05, 3.63) is 52.0 Å². The molecular formula is C28H36FN5O3S. The Morgan fingerprint density at radius 3 is 2.82 bits per heavy atom. The lowest BCUT2D eigenvalue weighted by Crippen LogP contribution is -2.34.